The van der Waals surface area contributed by atoms with Crippen molar-refractivity contribution >= 4 is 33.5 Å². The molecule has 160 valence electrons. The number of hydrogen-bond donors (Lipinski definition) is 0. The molecule has 0 radical (unpaired) electrons. The van der Waals surface area contributed by atoms with Crippen LogP contribution in [0.15, 0.2) is 54.7 Å². The van der Waals surface area contributed by atoms with E-state index >= 15 is 0 Å². The van der Waals surface area contributed by atoms with Crippen LogP contribution in [0.1, 0.15) is 31.9 Å². The number of fused-ring (bicyclic) bond motifs is 1. The van der Waals surface area contributed by atoms with Crippen LogP contribution in [0.2, 0.25) is 0 Å². The van der Waals surface area contributed by atoms with Crippen LogP contribution in [0.5, 0.6) is 0 Å². The number of likely N-dealkylation sites (N-methyl/N-ethyl adjacent to an activating group) is 1. The largest absolute Gasteiger partial charge is 0.346 e. The van der Waals surface area contributed by atoms with Gasteiger partial charge in [-0.25, -0.2) is 0 Å². The van der Waals surface area contributed by atoms with E-state index in [1.807, 2.05) is 0 Å². The summed E-state index contributed by atoms with van der Waals surface area (Å²) in [6.45, 7) is 14.0. The highest BCUT2D eigenvalue weighted by molar-refractivity contribution is 14.1. The van der Waals surface area contributed by atoms with E-state index in [4.69, 9.17) is 0 Å². The maximum atomic E-state index is 2.61. The number of para-hydroxylation sites is 1. The van der Waals surface area contributed by atoms with Crippen molar-refractivity contribution in [3.05, 3.63) is 69.4 Å². The van der Waals surface area contributed by atoms with Gasteiger partial charge in [0.25, 0.3) is 0 Å². The Hall–Kier alpha value is -1.37. The first kappa shape index (κ1) is 21.8. The lowest BCUT2D eigenvalue weighted by Gasteiger charge is -2.35. The van der Waals surface area contributed by atoms with Gasteiger partial charge in [0.2, 0.25) is 0 Å². The van der Waals surface area contributed by atoms with Crippen LogP contribution in [-0.2, 0) is 12.0 Å². The van der Waals surface area contributed by atoms with Gasteiger partial charge in [-0.2, -0.15) is 0 Å². The molecule has 1 aliphatic rings. The summed E-state index contributed by atoms with van der Waals surface area (Å²) in [7, 11) is 2.22. The Kier molecular flexibility index (Phi) is 6.56. The molecule has 0 N–H and O–H groups in total. The van der Waals surface area contributed by atoms with Gasteiger partial charge in [0.15, 0.2) is 0 Å². The molecule has 30 heavy (non-hydrogen) atoms. The molecule has 1 unspecified atom stereocenters. The maximum absolute atomic E-state index is 2.61. The Balaban J connectivity index is 1.70. The summed E-state index contributed by atoms with van der Waals surface area (Å²) < 4.78 is 3.79. The van der Waals surface area contributed by atoms with Crippen molar-refractivity contribution in [2.24, 2.45) is 5.92 Å². The van der Waals surface area contributed by atoms with Crippen LogP contribution < -0.4 is 0 Å². The van der Waals surface area contributed by atoms with Crippen molar-refractivity contribution in [3.63, 3.8) is 0 Å². The van der Waals surface area contributed by atoms with Crippen LogP contribution >= 0.6 is 22.6 Å². The van der Waals surface area contributed by atoms with Crippen LogP contribution in [-0.4, -0.2) is 54.1 Å². The maximum Gasteiger partial charge on any atom is 0.0483 e. The molecule has 0 bridgehead atoms. The fourth-order valence-electron chi connectivity index (χ4n) is 4.76. The first-order chi connectivity index (χ1) is 14.4. The molecule has 0 saturated carbocycles. The number of nitrogens with zero attached hydrogens (tertiary/aromatic N) is 3. The van der Waals surface area contributed by atoms with E-state index in [0.717, 1.165) is 13.1 Å². The monoisotopic (exact) mass is 515 g/mol. The fraction of sp³-hybridized carbons (Fsp3) is 0.462. The number of halogens is 1. The molecule has 1 aliphatic heterocycles. The number of aromatic nitrogens is 1. The predicted molar refractivity (Wildman–Crippen MR) is 136 cm³/mol. The fourth-order valence-corrected chi connectivity index (χ4v) is 5.12. The van der Waals surface area contributed by atoms with Gasteiger partial charge in [0.05, 0.1) is 0 Å². The van der Waals surface area contributed by atoms with Crippen molar-refractivity contribution in [1.82, 2.24) is 14.4 Å². The smallest absolute Gasteiger partial charge is 0.0483 e. The van der Waals surface area contributed by atoms with E-state index in [1.165, 1.54) is 51.8 Å². The second-order valence-electron chi connectivity index (χ2n) is 9.26. The van der Waals surface area contributed by atoms with Gasteiger partial charge in [0.1, 0.15) is 0 Å². The zero-order valence-electron chi connectivity index (χ0n) is 18.7. The number of rotatable bonds is 6. The van der Waals surface area contributed by atoms with Crippen LogP contribution in [0.25, 0.3) is 10.9 Å². The predicted octanol–water partition coefficient (Wildman–Crippen LogP) is 5.46. The van der Waals surface area contributed by atoms with Gasteiger partial charge in [-0.1, -0.05) is 51.1 Å². The summed E-state index contributed by atoms with van der Waals surface area (Å²) in [5.41, 5.74) is 4.19. The third-order valence-corrected chi connectivity index (χ3v) is 7.92. The Morgan fingerprint density at radius 1 is 0.933 bits per heavy atom. The normalized spacial score (nSPS) is 18.2. The van der Waals surface area contributed by atoms with Crippen molar-refractivity contribution < 1.29 is 0 Å². The molecule has 1 atom stereocenters. The lowest BCUT2D eigenvalue weighted by atomic mass is 9.68. The molecule has 0 spiro atoms. The number of benzene rings is 2. The van der Waals surface area contributed by atoms with E-state index in [1.54, 1.807) is 0 Å². The van der Waals surface area contributed by atoms with Crippen molar-refractivity contribution in [1.29, 1.82) is 0 Å². The van der Waals surface area contributed by atoms with E-state index in [9.17, 15) is 0 Å². The van der Waals surface area contributed by atoms with Gasteiger partial charge in [-0.3, -0.25) is 4.90 Å². The topological polar surface area (TPSA) is 11.4 Å². The highest BCUT2D eigenvalue weighted by Crippen LogP contribution is 2.43. The number of piperazine rings is 1. The summed E-state index contributed by atoms with van der Waals surface area (Å²) in [5.74, 6) is 0.495. The minimum atomic E-state index is -0.0248. The minimum Gasteiger partial charge on any atom is -0.346 e. The van der Waals surface area contributed by atoms with Gasteiger partial charge in [-0.05, 0) is 64.9 Å². The molecule has 1 aromatic heterocycles. The third-order valence-electron chi connectivity index (χ3n) is 7.20. The first-order valence-electron chi connectivity index (χ1n) is 11.1. The van der Waals surface area contributed by atoms with Crippen LogP contribution in [0.3, 0.4) is 0 Å². The minimum absolute atomic E-state index is 0.0248. The molecule has 0 aliphatic carbocycles. The van der Waals surface area contributed by atoms with Gasteiger partial charge < -0.3 is 9.47 Å². The average molecular weight is 515 g/mol. The molecule has 4 rings (SSSR count). The van der Waals surface area contributed by atoms with E-state index in [-0.39, 0.29) is 5.41 Å². The van der Waals surface area contributed by atoms with Crippen LogP contribution in [0.4, 0.5) is 0 Å². The molecule has 2 heterocycles. The molecular formula is C26H34IN3. The molecule has 0 amide bonds. The zero-order valence-corrected chi connectivity index (χ0v) is 20.9. The summed E-state index contributed by atoms with van der Waals surface area (Å²) in [5, 5.41) is 1.39. The highest BCUT2D eigenvalue weighted by Gasteiger charge is 2.35. The third kappa shape index (κ3) is 4.19. The molecule has 3 nitrogen and oxygen atoms in total. The Labute approximate surface area is 195 Å². The van der Waals surface area contributed by atoms with Crippen molar-refractivity contribution in [2.45, 2.75) is 32.7 Å². The molecule has 1 saturated heterocycles. The van der Waals surface area contributed by atoms with Gasteiger partial charge in [0, 0.05) is 65.4 Å². The van der Waals surface area contributed by atoms with E-state index in [0.29, 0.717) is 5.92 Å². The molecular weight excluding hydrogens is 481 g/mol. The summed E-state index contributed by atoms with van der Waals surface area (Å²) in [6.07, 6.45) is 2.44. The summed E-state index contributed by atoms with van der Waals surface area (Å²) in [6, 6.07) is 18.1. The lowest BCUT2D eigenvalue weighted by molar-refractivity contribution is 0.150. The molecule has 2 aromatic carbocycles. The number of hydrogen-bond acceptors (Lipinski definition) is 2. The lowest BCUT2D eigenvalue weighted by Crippen LogP contribution is -2.45. The summed E-state index contributed by atoms with van der Waals surface area (Å²) in [4.78, 5) is 5.03. The SMILES string of the molecule is CC(C)C(C)(c1ccc(I)cc1)c1cn(CCN2CCN(C)CC2)c2ccccc12. The van der Waals surface area contributed by atoms with Crippen molar-refractivity contribution in [2.75, 3.05) is 39.8 Å². The van der Waals surface area contributed by atoms with Gasteiger partial charge >= 0.3 is 0 Å². The second kappa shape index (κ2) is 9.01. The van der Waals surface area contributed by atoms with E-state index in [2.05, 4.69) is 120 Å². The highest BCUT2D eigenvalue weighted by atomic mass is 127. The molecule has 3 aromatic rings. The molecule has 4 heteroatoms. The second-order valence-corrected chi connectivity index (χ2v) is 10.5. The average Bonchev–Trinajstić information content (AvgIpc) is 3.12. The summed E-state index contributed by atoms with van der Waals surface area (Å²) >= 11 is 2.40. The zero-order chi connectivity index (χ0) is 21.3. The Bertz CT molecular complexity index is 983. The quantitative estimate of drug-likeness (QED) is 0.405. The first-order valence-corrected chi connectivity index (χ1v) is 12.2. The van der Waals surface area contributed by atoms with E-state index < -0.39 is 0 Å². The Morgan fingerprint density at radius 2 is 1.60 bits per heavy atom. The van der Waals surface area contributed by atoms with Crippen LogP contribution in [0, 0.1) is 9.49 Å². The Morgan fingerprint density at radius 3 is 2.27 bits per heavy atom. The standard InChI is InChI=1S/C26H34IN3/c1-20(2)26(3,21-9-11-22(27)12-10-21)24-19-30(25-8-6-5-7-23(24)25)18-17-29-15-13-28(4)14-16-29/h5-12,19-20H,13-18H2,1-4H3. The molecule has 1 fully saturated rings. The van der Waals surface area contributed by atoms with Crippen molar-refractivity contribution in [3.8, 4) is 0 Å². The van der Waals surface area contributed by atoms with Gasteiger partial charge in [-0.15, -0.1) is 0 Å².